The van der Waals surface area contributed by atoms with Gasteiger partial charge in [0.15, 0.2) is 0 Å². The maximum absolute atomic E-state index is 13.8. The van der Waals surface area contributed by atoms with E-state index >= 15 is 0 Å². The molecule has 104 valence electrons. The second-order valence-electron chi connectivity index (χ2n) is 5.05. The fraction of sp³-hybridized carbons (Fsp3) is 0.176. The van der Waals surface area contributed by atoms with Crippen LogP contribution in [0, 0.1) is 17.1 Å². The van der Waals surface area contributed by atoms with Gasteiger partial charge in [-0.25, -0.2) is 4.39 Å². The lowest BCUT2D eigenvalue weighted by Crippen LogP contribution is -2.37. The predicted octanol–water partition coefficient (Wildman–Crippen LogP) is 2.90. The number of carbonyl (C=O) groups is 1. The molecule has 3 rings (SSSR count). The molecular weight excluding hydrogens is 267 g/mol. The van der Waals surface area contributed by atoms with E-state index in [2.05, 4.69) is 0 Å². The number of amides is 1. The Bertz CT molecular complexity index is 749. The van der Waals surface area contributed by atoms with Gasteiger partial charge in [0.05, 0.1) is 11.6 Å². The summed E-state index contributed by atoms with van der Waals surface area (Å²) >= 11 is 0. The smallest absolute Gasteiger partial charge is 0.254 e. The van der Waals surface area contributed by atoms with E-state index in [9.17, 15) is 9.18 Å². The molecule has 0 saturated carbocycles. The van der Waals surface area contributed by atoms with Crippen molar-refractivity contribution in [2.45, 2.75) is 13.0 Å². The molecule has 0 bridgehead atoms. The van der Waals surface area contributed by atoms with E-state index in [4.69, 9.17) is 5.26 Å². The molecule has 0 aliphatic carbocycles. The molecule has 1 amide bonds. The highest BCUT2D eigenvalue weighted by atomic mass is 19.1. The maximum atomic E-state index is 13.8. The van der Waals surface area contributed by atoms with Crippen molar-refractivity contribution in [2.24, 2.45) is 0 Å². The number of rotatable bonds is 2. The number of nitrogens with zero attached hydrogens (tertiary/aromatic N) is 2. The van der Waals surface area contributed by atoms with Crippen molar-refractivity contribution in [3.8, 4) is 6.07 Å². The summed E-state index contributed by atoms with van der Waals surface area (Å²) in [4.78, 5) is 14.1. The lowest BCUT2D eigenvalue weighted by molar-refractivity contribution is 0.0725. The molecule has 1 aliphatic rings. The van der Waals surface area contributed by atoms with Crippen molar-refractivity contribution < 1.29 is 9.18 Å². The average Bonchev–Trinajstić information content (AvgIpc) is 2.52. The lowest BCUT2D eigenvalue weighted by atomic mass is 9.98. The first kappa shape index (κ1) is 13.3. The Balaban J connectivity index is 1.87. The maximum Gasteiger partial charge on any atom is 0.254 e. The Hall–Kier alpha value is -2.67. The van der Waals surface area contributed by atoms with Crippen molar-refractivity contribution in [3.05, 3.63) is 70.5 Å². The number of benzene rings is 2. The molecule has 3 nitrogen and oxygen atoms in total. The zero-order valence-electron chi connectivity index (χ0n) is 11.3. The van der Waals surface area contributed by atoms with Crippen LogP contribution in [-0.2, 0) is 13.0 Å². The summed E-state index contributed by atoms with van der Waals surface area (Å²) in [5.41, 5.74) is 2.49. The Morgan fingerprint density at radius 1 is 1.24 bits per heavy atom. The van der Waals surface area contributed by atoms with Crippen molar-refractivity contribution >= 4 is 5.91 Å². The lowest BCUT2D eigenvalue weighted by Gasteiger charge is -2.28. The monoisotopic (exact) mass is 280 g/mol. The highest BCUT2D eigenvalue weighted by Gasteiger charge is 2.24. The molecule has 1 aliphatic heterocycles. The van der Waals surface area contributed by atoms with E-state index in [1.54, 1.807) is 11.0 Å². The fourth-order valence-electron chi connectivity index (χ4n) is 2.60. The van der Waals surface area contributed by atoms with Gasteiger partial charge in [0.25, 0.3) is 5.91 Å². The molecule has 0 spiro atoms. The van der Waals surface area contributed by atoms with Gasteiger partial charge in [-0.05, 0) is 36.2 Å². The molecule has 0 fully saturated rings. The minimum atomic E-state index is -0.388. The largest absolute Gasteiger partial charge is 0.334 e. The van der Waals surface area contributed by atoms with Crippen LogP contribution in [0.1, 0.15) is 27.0 Å². The summed E-state index contributed by atoms with van der Waals surface area (Å²) in [5.74, 6) is -0.473. The number of halogens is 1. The number of fused-ring (bicyclic) bond motifs is 1. The van der Waals surface area contributed by atoms with Crippen LogP contribution < -0.4 is 0 Å². The second kappa shape index (κ2) is 5.37. The van der Waals surface area contributed by atoms with Crippen LogP contribution in [0.5, 0.6) is 0 Å². The van der Waals surface area contributed by atoms with E-state index in [0.717, 1.165) is 12.0 Å². The van der Waals surface area contributed by atoms with Gasteiger partial charge in [-0.2, -0.15) is 5.26 Å². The molecule has 0 radical (unpaired) electrons. The summed E-state index contributed by atoms with van der Waals surface area (Å²) in [5, 5.41) is 8.89. The highest BCUT2D eigenvalue weighted by molar-refractivity contribution is 5.96. The average molecular weight is 280 g/mol. The summed E-state index contributed by atoms with van der Waals surface area (Å²) < 4.78 is 13.8. The first-order chi connectivity index (χ1) is 10.2. The van der Waals surface area contributed by atoms with Gasteiger partial charge in [-0.1, -0.05) is 18.2 Å². The van der Waals surface area contributed by atoms with Crippen molar-refractivity contribution in [3.63, 3.8) is 0 Å². The van der Waals surface area contributed by atoms with E-state index in [1.807, 2.05) is 24.3 Å². The first-order valence-corrected chi connectivity index (χ1v) is 6.75. The molecule has 0 N–H and O–H groups in total. The molecule has 0 aromatic heterocycles. The minimum absolute atomic E-state index is 0.0846. The molecule has 4 heteroatoms. The van der Waals surface area contributed by atoms with Gasteiger partial charge in [0, 0.05) is 24.2 Å². The zero-order valence-corrected chi connectivity index (χ0v) is 11.3. The third-order valence-corrected chi connectivity index (χ3v) is 3.72. The van der Waals surface area contributed by atoms with Gasteiger partial charge in [0.1, 0.15) is 5.82 Å². The Kier molecular flexibility index (Phi) is 3.41. The van der Waals surface area contributed by atoms with Crippen LogP contribution in [-0.4, -0.2) is 17.4 Å². The molecule has 0 unspecified atom stereocenters. The van der Waals surface area contributed by atoms with E-state index in [1.165, 1.54) is 18.2 Å². The number of hydrogen-bond donors (Lipinski definition) is 0. The third kappa shape index (κ3) is 2.50. The van der Waals surface area contributed by atoms with Crippen LogP contribution in [0.4, 0.5) is 4.39 Å². The van der Waals surface area contributed by atoms with E-state index in [-0.39, 0.29) is 18.3 Å². The normalized spacial score (nSPS) is 13.7. The third-order valence-electron chi connectivity index (χ3n) is 3.72. The summed E-state index contributed by atoms with van der Waals surface area (Å²) in [6.07, 6.45) is 0.765. The first-order valence-electron chi connectivity index (χ1n) is 6.75. The van der Waals surface area contributed by atoms with E-state index < -0.39 is 0 Å². The molecule has 2 aromatic rings. The number of hydrogen-bond acceptors (Lipinski definition) is 2. The number of carbonyl (C=O) groups excluding carboxylic acids is 1. The Morgan fingerprint density at radius 2 is 2.05 bits per heavy atom. The van der Waals surface area contributed by atoms with Crippen LogP contribution in [0.15, 0.2) is 42.5 Å². The topological polar surface area (TPSA) is 44.1 Å². The summed E-state index contributed by atoms with van der Waals surface area (Å²) in [6, 6.07) is 13.7. The van der Waals surface area contributed by atoms with Gasteiger partial charge >= 0.3 is 0 Å². The number of nitriles is 1. The zero-order chi connectivity index (χ0) is 14.8. The molecule has 21 heavy (non-hydrogen) atoms. The second-order valence-corrected chi connectivity index (χ2v) is 5.05. The van der Waals surface area contributed by atoms with Crippen molar-refractivity contribution in [1.82, 2.24) is 4.90 Å². The van der Waals surface area contributed by atoms with Crippen LogP contribution in [0.25, 0.3) is 0 Å². The Morgan fingerprint density at radius 3 is 2.86 bits per heavy atom. The van der Waals surface area contributed by atoms with Crippen molar-refractivity contribution in [2.75, 3.05) is 6.54 Å². The van der Waals surface area contributed by atoms with Gasteiger partial charge in [-0.15, -0.1) is 0 Å². The van der Waals surface area contributed by atoms with E-state index in [0.29, 0.717) is 23.2 Å². The minimum Gasteiger partial charge on any atom is -0.334 e. The molecule has 1 heterocycles. The predicted molar refractivity (Wildman–Crippen MR) is 76.0 cm³/mol. The fourth-order valence-corrected chi connectivity index (χ4v) is 2.60. The summed E-state index contributed by atoms with van der Waals surface area (Å²) in [7, 11) is 0. The molecule has 2 aromatic carbocycles. The van der Waals surface area contributed by atoms with Crippen molar-refractivity contribution in [1.29, 1.82) is 5.26 Å². The van der Waals surface area contributed by atoms with Gasteiger partial charge < -0.3 is 4.90 Å². The molecule has 0 saturated heterocycles. The Labute approximate surface area is 122 Å². The van der Waals surface area contributed by atoms with Crippen LogP contribution in [0.3, 0.4) is 0 Å². The SMILES string of the molecule is N#Cc1ccc(F)c(CN2CCc3ccccc3C2=O)c1. The molecular formula is C17H13FN2O. The van der Waals surface area contributed by atoms with Gasteiger partial charge in [0.2, 0.25) is 0 Å². The van der Waals surface area contributed by atoms with Crippen LogP contribution >= 0.6 is 0 Å². The standard InChI is InChI=1S/C17H13FN2O/c18-16-6-5-12(10-19)9-14(16)11-20-8-7-13-3-1-2-4-15(13)17(20)21/h1-6,9H,7-8,11H2. The quantitative estimate of drug-likeness (QED) is 0.849. The van der Waals surface area contributed by atoms with Crippen LogP contribution in [0.2, 0.25) is 0 Å². The molecule has 0 atom stereocenters. The highest BCUT2D eigenvalue weighted by Crippen LogP contribution is 2.21. The summed E-state index contributed by atoms with van der Waals surface area (Å²) in [6.45, 7) is 0.751. The van der Waals surface area contributed by atoms with Gasteiger partial charge in [-0.3, -0.25) is 4.79 Å².